The van der Waals surface area contributed by atoms with Crippen molar-refractivity contribution >= 4 is 27.6 Å². The topological polar surface area (TPSA) is 84.0 Å². The Bertz CT molecular complexity index is 821. The van der Waals surface area contributed by atoms with Crippen molar-refractivity contribution in [2.45, 2.75) is 50.0 Å². The molecule has 2 heterocycles. The maximum absolute atomic E-state index is 13.2. The van der Waals surface area contributed by atoms with Crippen LogP contribution in [0.15, 0.2) is 23.1 Å². The summed E-state index contributed by atoms with van der Waals surface area (Å²) in [5.74, 6) is -0.572. The lowest BCUT2D eigenvalue weighted by Crippen LogP contribution is -2.48. The minimum Gasteiger partial charge on any atom is -0.468 e. The van der Waals surface area contributed by atoms with Crippen molar-refractivity contribution in [3.8, 4) is 0 Å². The number of fused-ring (bicyclic) bond motifs is 1. The molecule has 0 bridgehead atoms. The average Bonchev–Trinajstić information content (AvgIpc) is 2.66. The Hall–Kier alpha value is -1.93. The lowest BCUT2D eigenvalue weighted by atomic mass is 10.0. The number of esters is 1. The Morgan fingerprint density at radius 2 is 1.92 bits per heavy atom. The number of nitrogens with zero attached hydrogens (tertiary/aromatic N) is 2. The third-order valence-corrected chi connectivity index (χ3v) is 6.99. The predicted molar refractivity (Wildman–Crippen MR) is 96.3 cm³/mol. The van der Waals surface area contributed by atoms with E-state index in [1.54, 1.807) is 17.0 Å². The van der Waals surface area contributed by atoms with Gasteiger partial charge in [-0.05, 0) is 55.9 Å². The Kier molecular flexibility index (Phi) is 5.34. The molecule has 1 fully saturated rings. The highest BCUT2D eigenvalue weighted by molar-refractivity contribution is 7.89. The second-order valence-corrected chi connectivity index (χ2v) is 8.61. The SMILES string of the molecule is COC(=O)C1CCCCN1S(=O)(=O)c1ccc2c(c1)CCCN2C(C)=O. The first-order valence-corrected chi connectivity index (χ1v) is 10.3. The fourth-order valence-corrected chi connectivity index (χ4v) is 5.46. The molecule has 0 saturated carbocycles. The van der Waals surface area contributed by atoms with Crippen molar-refractivity contribution < 1.29 is 22.7 Å². The first kappa shape index (κ1) is 18.8. The zero-order chi connectivity index (χ0) is 18.9. The molecule has 0 radical (unpaired) electrons. The van der Waals surface area contributed by atoms with E-state index in [0.29, 0.717) is 19.5 Å². The molecule has 1 atom stereocenters. The van der Waals surface area contributed by atoms with E-state index in [1.165, 1.54) is 24.4 Å². The third-order valence-electron chi connectivity index (χ3n) is 5.08. The van der Waals surface area contributed by atoms with Crippen LogP contribution in [0, 0.1) is 0 Å². The summed E-state index contributed by atoms with van der Waals surface area (Å²) in [7, 11) is -2.53. The molecule has 2 aliphatic heterocycles. The first-order valence-electron chi connectivity index (χ1n) is 8.87. The van der Waals surface area contributed by atoms with Crippen molar-refractivity contribution in [3.05, 3.63) is 23.8 Å². The number of anilines is 1. The summed E-state index contributed by atoms with van der Waals surface area (Å²) in [5.41, 5.74) is 1.62. The second-order valence-electron chi connectivity index (χ2n) is 6.72. The van der Waals surface area contributed by atoms with Gasteiger partial charge in [-0.2, -0.15) is 4.31 Å². The summed E-state index contributed by atoms with van der Waals surface area (Å²) in [6.45, 7) is 2.46. The Balaban J connectivity index is 1.97. The largest absolute Gasteiger partial charge is 0.468 e. The number of ether oxygens (including phenoxy) is 1. The van der Waals surface area contributed by atoms with E-state index in [1.807, 2.05) is 0 Å². The van der Waals surface area contributed by atoms with Crippen LogP contribution >= 0.6 is 0 Å². The van der Waals surface area contributed by atoms with Crippen LogP contribution in [0.25, 0.3) is 0 Å². The van der Waals surface area contributed by atoms with E-state index in [4.69, 9.17) is 4.74 Å². The van der Waals surface area contributed by atoms with Gasteiger partial charge in [-0.3, -0.25) is 9.59 Å². The van der Waals surface area contributed by atoms with Gasteiger partial charge in [-0.25, -0.2) is 8.42 Å². The minimum atomic E-state index is -3.81. The highest BCUT2D eigenvalue weighted by Crippen LogP contribution is 2.32. The smallest absolute Gasteiger partial charge is 0.324 e. The normalized spacial score (nSPS) is 21.2. The summed E-state index contributed by atoms with van der Waals surface area (Å²) < 4.78 is 32.4. The molecule has 7 nitrogen and oxygen atoms in total. The van der Waals surface area contributed by atoms with E-state index < -0.39 is 22.0 Å². The molecule has 3 rings (SSSR count). The van der Waals surface area contributed by atoms with Gasteiger partial charge in [-0.15, -0.1) is 0 Å². The van der Waals surface area contributed by atoms with Crippen molar-refractivity contribution in [2.24, 2.45) is 0 Å². The Morgan fingerprint density at radius 1 is 1.15 bits per heavy atom. The maximum Gasteiger partial charge on any atom is 0.324 e. The van der Waals surface area contributed by atoms with Crippen LogP contribution in [0.2, 0.25) is 0 Å². The fourth-order valence-electron chi connectivity index (χ4n) is 3.76. The Morgan fingerprint density at radius 3 is 2.62 bits per heavy atom. The van der Waals surface area contributed by atoms with Crippen LogP contribution < -0.4 is 4.90 Å². The van der Waals surface area contributed by atoms with Gasteiger partial charge in [0.15, 0.2) is 0 Å². The van der Waals surface area contributed by atoms with Crippen LogP contribution in [-0.4, -0.2) is 50.8 Å². The molecule has 26 heavy (non-hydrogen) atoms. The zero-order valence-electron chi connectivity index (χ0n) is 15.1. The lowest BCUT2D eigenvalue weighted by Gasteiger charge is -2.33. The molecule has 8 heteroatoms. The van der Waals surface area contributed by atoms with Crippen LogP contribution in [0.5, 0.6) is 0 Å². The number of methoxy groups -OCH3 is 1. The summed E-state index contributed by atoms with van der Waals surface area (Å²) in [4.78, 5) is 25.7. The molecule has 0 spiro atoms. The van der Waals surface area contributed by atoms with Gasteiger partial charge < -0.3 is 9.64 Å². The van der Waals surface area contributed by atoms with Gasteiger partial charge in [-0.1, -0.05) is 0 Å². The van der Waals surface area contributed by atoms with Crippen molar-refractivity contribution in [1.29, 1.82) is 0 Å². The zero-order valence-corrected chi connectivity index (χ0v) is 15.9. The maximum atomic E-state index is 13.2. The van der Waals surface area contributed by atoms with Gasteiger partial charge in [0.1, 0.15) is 6.04 Å². The summed E-state index contributed by atoms with van der Waals surface area (Å²) in [6, 6.07) is 4.09. The first-order chi connectivity index (χ1) is 12.4. The minimum absolute atomic E-state index is 0.0525. The Labute approximate surface area is 154 Å². The molecule has 2 aliphatic rings. The van der Waals surface area contributed by atoms with Crippen molar-refractivity contribution in [1.82, 2.24) is 4.31 Å². The monoisotopic (exact) mass is 380 g/mol. The van der Waals surface area contributed by atoms with E-state index >= 15 is 0 Å². The van der Waals surface area contributed by atoms with Gasteiger partial charge >= 0.3 is 5.97 Å². The number of amides is 1. The van der Waals surface area contributed by atoms with Crippen LogP contribution in [0.3, 0.4) is 0 Å². The average molecular weight is 380 g/mol. The molecular formula is C18H24N2O5S. The van der Waals surface area contributed by atoms with Crippen LogP contribution in [0.1, 0.15) is 38.2 Å². The van der Waals surface area contributed by atoms with Gasteiger partial charge in [0.05, 0.1) is 12.0 Å². The van der Waals surface area contributed by atoms with E-state index in [9.17, 15) is 18.0 Å². The van der Waals surface area contributed by atoms with E-state index in [0.717, 1.165) is 36.9 Å². The molecule has 0 aromatic heterocycles. The highest BCUT2D eigenvalue weighted by atomic mass is 32.2. The van der Waals surface area contributed by atoms with Gasteiger partial charge in [0.25, 0.3) is 0 Å². The number of hydrogen-bond donors (Lipinski definition) is 0. The summed E-state index contributed by atoms with van der Waals surface area (Å²) >= 11 is 0. The van der Waals surface area contributed by atoms with Gasteiger partial charge in [0.2, 0.25) is 15.9 Å². The quantitative estimate of drug-likeness (QED) is 0.746. The number of rotatable bonds is 3. The molecule has 142 valence electrons. The second kappa shape index (κ2) is 7.36. The van der Waals surface area contributed by atoms with Crippen molar-refractivity contribution in [3.63, 3.8) is 0 Å². The van der Waals surface area contributed by atoms with E-state index in [-0.39, 0.29) is 10.8 Å². The third kappa shape index (κ3) is 3.35. The molecule has 1 saturated heterocycles. The van der Waals surface area contributed by atoms with Gasteiger partial charge in [0, 0.05) is 25.7 Å². The standard InChI is InChI=1S/C18H24N2O5S/c1-13(21)19-10-5-6-14-12-15(8-9-16(14)19)26(23,24)20-11-4-3-7-17(20)18(22)25-2/h8-9,12,17H,3-7,10-11H2,1-2H3. The van der Waals surface area contributed by atoms with Crippen molar-refractivity contribution in [2.75, 3.05) is 25.1 Å². The van der Waals surface area contributed by atoms with Crippen LogP contribution in [-0.2, 0) is 30.8 Å². The summed E-state index contributed by atoms with van der Waals surface area (Å²) in [5, 5.41) is 0. The number of hydrogen-bond acceptors (Lipinski definition) is 5. The number of carbonyl (C=O) groups excluding carboxylic acids is 2. The van der Waals surface area contributed by atoms with Crippen LogP contribution in [0.4, 0.5) is 5.69 Å². The molecule has 0 aliphatic carbocycles. The number of sulfonamides is 1. The predicted octanol–water partition coefficient (Wildman–Crippen LogP) is 1.70. The number of carbonyl (C=O) groups is 2. The molecule has 1 unspecified atom stereocenters. The molecule has 1 aromatic rings. The highest BCUT2D eigenvalue weighted by Gasteiger charge is 2.38. The fraction of sp³-hybridized carbons (Fsp3) is 0.556. The lowest BCUT2D eigenvalue weighted by molar-refractivity contribution is -0.146. The number of piperidine rings is 1. The number of benzene rings is 1. The molecular weight excluding hydrogens is 356 g/mol. The summed E-state index contributed by atoms with van der Waals surface area (Å²) in [6.07, 6.45) is 3.50. The molecule has 1 amide bonds. The molecule has 1 aromatic carbocycles. The number of aryl methyl sites for hydroxylation is 1. The molecule has 0 N–H and O–H groups in total. The van der Waals surface area contributed by atoms with E-state index in [2.05, 4.69) is 0 Å².